The summed E-state index contributed by atoms with van der Waals surface area (Å²) >= 11 is 0. The third-order valence-corrected chi connectivity index (χ3v) is 2.35. The van der Waals surface area contributed by atoms with Crippen molar-refractivity contribution in [3.05, 3.63) is 18.2 Å². The lowest BCUT2D eigenvalue weighted by molar-refractivity contribution is -0.122. The maximum absolute atomic E-state index is 11.2. The molecular weight excluding hydrogens is 192 g/mol. The van der Waals surface area contributed by atoms with Crippen LogP contribution in [0.1, 0.15) is 19.7 Å². The molecule has 0 saturated carbocycles. The van der Waals surface area contributed by atoms with Gasteiger partial charge in [-0.1, -0.05) is 0 Å². The molecule has 2 N–H and O–H groups in total. The molecule has 84 valence electrons. The van der Waals surface area contributed by atoms with Crippen LogP contribution in [0.4, 0.5) is 0 Å². The predicted octanol–water partition coefficient (Wildman–Crippen LogP) is 0.127. The van der Waals surface area contributed by atoms with Gasteiger partial charge in [0.15, 0.2) is 0 Å². The van der Waals surface area contributed by atoms with E-state index < -0.39 is 0 Å². The van der Waals surface area contributed by atoms with Crippen molar-refractivity contribution in [2.24, 2.45) is 0 Å². The molecule has 1 aromatic rings. The summed E-state index contributed by atoms with van der Waals surface area (Å²) in [5.74, 6) is 0.942. The first kappa shape index (κ1) is 11.7. The fraction of sp³-hybridized carbons (Fsp3) is 0.600. The van der Waals surface area contributed by atoms with E-state index in [0.29, 0.717) is 6.54 Å². The maximum atomic E-state index is 11.2. The second kappa shape index (κ2) is 5.50. The third kappa shape index (κ3) is 3.06. The van der Waals surface area contributed by atoms with Gasteiger partial charge in [-0.3, -0.25) is 10.1 Å². The minimum atomic E-state index is -0.197. The zero-order valence-corrected chi connectivity index (χ0v) is 9.45. The largest absolute Gasteiger partial charge is 0.358 e. The number of aryl methyl sites for hydroxylation is 1. The standard InChI is InChI=1S/C10H18N4O/c1-4-14-6-5-12-9(14)7-13-8(2)10(15)11-3/h5-6,8,13H,4,7H2,1-3H3,(H,11,15). The number of hydrogen-bond donors (Lipinski definition) is 2. The number of carbonyl (C=O) groups excluding carboxylic acids is 1. The Balaban J connectivity index is 2.46. The number of amides is 1. The molecule has 5 heteroatoms. The predicted molar refractivity (Wildman–Crippen MR) is 58.3 cm³/mol. The molecule has 0 aliphatic heterocycles. The number of nitrogens with zero attached hydrogens (tertiary/aromatic N) is 2. The third-order valence-electron chi connectivity index (χ3n) is 2.35. The van der Waals surface area contributed by atoms with E-state index in [0.717, 1.165) is 12.4 Å². The molecule has 15 heavy (non-hydrogen) atoms. The number of hydrogen-bond acceptors (Lipinski definition) is 3. The van der Waals surface area contributed by atoms with E-state index >= 15 is 0 Å². The van der Waals surface area contributed by atoms with Gasteiger partial charge in [0.1, 0.15) is 5.82 Å². The number of aromatic nitrogens is 2. The smallest absolute Gasteiger partial charge is 0.236 e. The van der Waals surface area contributed by atoms with Gasteiger partial charge >= 0.3 is 0 Å². The second-order valence-electron chi connectivity index (χ2n) is 3.35. The summed E-state index contributed by atoms with van der Waals surface area (Å²) in [6.07, 6.45) is 3.70. The molecule has 5 nitrogen and oxygen atoms in total. The average molecular weight is 210 g/mol. The summed E-state index contributed by atoms with van der Waals surface area (Å²) in [6.45, 7) is 5.40. The minimum absolute atomic E-state index is 0.00963. The summed E-state index contributed by atoms with van der Waals surface area (Å²) in [5.41, 5.74) is 0. The first-order valence-corrected chi connectivity index (χ1v) is 5.14. The van der Waals surface area contributed by atoms with E-state index in [-0.39, 0.29) is 11.9 Å². The highest BCUT2D eigenvalue weighted by Gasteiger charge is 2.10. The van der Waals surface area contributed by atoms with Crippen molar-refractivity contribution in [1.29, 1.82) is 0 Å². The van der Waals surface area contributed by atoms with Gasteiger partial charge < -0.3 is 9.88 Å². The maximum Gasteiger partial charge on any atom is 0.236 e. The lowest BCUT2D eigenvalue weighted by atomic mass is 10.3. The molecule has 0 bridgehead atoms. The molecule has 0 aliphatic rings. The molecule has 0 aromatic carbocycles. The second-order valence-corrected chi connectivity index (χ2v) is 3.35. The van der Waals surface area contributed by atoms with Crippen molar-refractivity contribution in [2.75, 3.05) is 7.05 Å². The molecule has 1 amide bonds. The SMILES string of the molecule is CCn1ccnc1CNC(C)C(=O)NC. The van der Waals surface area contributed by atoms with Crippen molar-refractivity contribution in [3.63, 3.8) is 0 Å². The van der Waals surface area contributed by atoms with Crippen molar-refractivity contribution < 1.29 is 4.79 Å². The topological polar surface area (TPSA) is 59.0 Å². The molecule has 0 spiro atoms. The summed E-state index contributed by atoms with van der Waals surface area (Å²) in [4.78, 5) is 15.4. The number of carbonyl (C=O) groups is 1. The molecule has 0 fully saturated rings. The van der Waals surface area contributed by atoms with Gasteiger partial charge in [0, 0.05) is 26.0 Å². The summed E-state index contributed by atoms with van der Waals surface area (Å²) in [6, 6.07) is -0.197. The van der Waals surface area contributed by atoms with Crippen LogP contribution in [0.5, 0.6) is 0 Å². The molecule has 1 aromatic heterocycles. The van der Waals surface area contributed by atoms with Crippen LogP contribution in [0.25, 0.3) is 0 Å². The van der Waals surface area contributed by atoms with Crippen molar-refractivity contribution in [1.82, 2.24) is 20.2 Å². The molecule has 0 saturated heterocycles. The van der Waals surface area contributed by atoms with Gasteiger partial charge in [0.05, 0.1) is 12.6 Å². The zero-order chi connectivity index (χ0) is 11.3. The minimum Gasteiger partial charge on any atom is -0.358 e. The van der Waals surface area contributed by atoms with E-state index in [1.165, 1.54) is 0 Å². The Morgan fingerprint density at radius 3 is 3.00 bits per heavy atom. The molecule has 1 heterocycles. The van der Waals surface area contributed by atoms with E-state index in [2.05, 4.69) is 22.5 Å². The Bertz CT molecular complexity index is 321. The van der Waals surface area contributed by atoms with Crippen molar-refractivity contribution in [2.45, 2.75) is 33.0 Å². The zero-order valence-electron chi connectivity index (χ0n) is 9.45. The summed E-state index contributed by atoms with van der Waals surface area (Å²) in [5, 5.41) is 5.71. The molecule has 1 atom stereocenters. The Morgan fingerprint density at radius 1 is 1.67 bits per heavy atom. The molecule has 1 rings (SSSR count). The Hall–Kier alpha value is -1.36. The van der Waals surface area contributed by atoms with Gasteiger partial charge in [-0.15, -0.1) is 0 Å². The molecule has 1 unspecified atom stereocenters. The highest BCUT2D eigenvalue weighted by molar-refractivity contribution is 5.80. The highest BCUT2D eigenvalue weighted by atomic mass is 16.2. The van der Waals surface area contributed by atoms with Crippen LogP contribution in [-0.4, -0.2) is 28.5 Å². The van der Waals surface area contributed by atoms with E-state index in [1.54, 1.807) is 13.2 Å². The monoisotopic (exact) mass is 210 g/mol. The summed E-state index contributed by atoms with van der Waals surface area (Å²) in [7, 11) is 1.63. The summed E-state index contributed by atoms with van der Waals surface area (Å²) < 4.78 is 2.05. The Kier molecular flexibility index (Phi) is 4.30. The molecule has 0 aliphatic carbocycles. The van der Waals surface area contributed by atoms with Crippen LogP contribution >= 0.6 is 0 Å². The van der Waals surface area contributed by atoms with Crippen LogP contribution in [-0.2, 0) is 17.9 Å². The van der Waals surface area contributed by atoms with Crippen LogP contribution in [0.3, 0.4) is 0 Å². The van der Waals surface area contributed by atoms with Gasteiger partial charge in [0.2, 0.25) is 5.91 Å². The van der Waals surface area contributed by atoms with E-state index in [1.807, 2.05) is 17.7 Å². The molecule has 0 radical (unpaired) electrons. The van der Waals surface area contributed by atoms with Gasteiger partial charge in [-0.2, -0.15) is 0 Å². The highest BCUT2D eigenvalue weighted by Crippen LogP contribution is 1.97. The van der Waals surface area contributed by atoms with Crippen LogP contribution in [0.15, 0.2) is 12.4 Å². The van der Waals surface area contributed by atoms with Gasteiger partial charge in [-0.05, 0) is 13.8 Å². The van der Waals surface area contributed by atoms with E-state index in [4.69, 9.17) is 0 Å². The number of rotatable bonds is 5. The van der Waals surface area contributed by atoms with Gasteiger partial charge in [0.25, 0.3) is 0 Å². The first-order valence-electron chi connectivity index (χ1n) is 5.14. The van der Waals surface area contributed by atoms with E-state index in [9.17, 15) is 4.79 Å². The van der Waals surface area contributed by atoms with Crippen LogP contribution in [0, 0.1) is 0 Å². The number of likely N-dealkylation sites (N-methyl/N-ethyl adjacent to an activating group) is 1. The lowest BCUT2D eigenvalue weighted by Gasteiger charge is -2.12. The van der Waals surface area contributed by atoms with Crippen LogP contribution < -0.4 is 10.6 Å². The normalized spacial score (nSPS) is 12.5. The number of imidazole rings is 1. The molecular formula is C10H18N4O. The average Bonchev–Trinajstić information content (AvgIpc) is 2.71. The Labute approximate surface area is 89.9 Å². The lowest BCUT2D eigenvalue weighted by Crippen LogP contribution is -2.40. The fourth-order valence-electron chi connectivity index (χ4n) is 1.35. The number of nitrogens with one attached hydrogen (secondary N) is 2. The van der Waals surface area contributed by atoms with Crippen LogP contribution in [0.2, 0.25) is 0 Å². The van der Waals surface area contributed by atoms with Crippen molar-refractivity contribution >= 4 is 5.91 Å². The van der Waals surface area contributed by atoms with Crippen molar-refractivity contribution in [3.8, 4) is 0 Å². The quantitative estimate of drug-likeness (QED) is 0.726. The Morgan fingerprint density at radius 2 is 2.40 bits per heavy atom. The first-order chi connectivity index (χ1) is 7.19. The van der Waals surface area contributed by atoms with Gasteiger partial charge in [-0.25, -0.2) is 4.98 Å². The fourth-order valence-corrected chi connectivity index (χ4v) is 1.35.